The Morgan fingerprint density at radius 2 is 1.06 bits per heavy atom. The van der Waals surface area contributed by atoms with Crippen LogP contribution in [0.5, 0.6) is 0 Å². The summed E-state index contributed by atoms with van der Waals surface area (Å²) in [5, 5.41) is 18.5. The first-order chi connectivity index (χ1) is 16.5. The normalized spacial score (nSPS) is 11.2. The van der Waals surface area contributed by atoms with Crippen molar-refractivity contribution in [3.63, 3.8) is 0 Å². The number of pyridine rings is 2. The molecule has 0 radical (unpaired) electrons. The fourth-order valence-corrected chi connectivity index (χ4v) is 6.12. The predicted molar refractivity (Wildman–Crippen MR) is 135 cm³/mol. The number of fused-ring (bicyclic) bond motifs is 2. The van der Waals surface area contributed by atoms with E-state index >= 15 is 0 Å². The van der Waals surface area contributed by atoms with Gasteiger partial charge in [-0.2, -0.15) is 10.5 Å². The Morgan fingerprint density at radius 3 is 1.47 bits per heavy atom. The highest BCUT2D eigenvalue weighted by atomic mass is 32.1. The fourth-order valence-electron chi connectivity index (χ4n) is 4.11. The van der Waals surface area contributed by atoms with Gasteiger partial charge in [-0.15, -0.1) is 22.7 Å². The van der Waals surface area contributed by atoms with Crippen molar-refractivity contribution in [3.05, 3.63) is 83.4 Å². The van der Waals surface area contributed by atoms with Gasteiger partial charge in [-0.05, 0) is 61.4 Å². The number of hydrogen-bond donors (Lipinski definition) is 0. The Labute approximate surface area is 203 Å². The van der Waals surface area contributed by atoms with Crippen LogP contribution in [-0.2, 0) is 0 Å². The van der Waals surface area contributed by atoms with Crippen molar-refractivity contribution < 1.29 is 0 Å². The molecule has 6 heterocycles. The first kappa shape index (κ1) is 20.4. The zero-order valence-electron chi connectivity index (χ0n) is 18.3. The molecule has 0 aliphatic rings. The second-order valence-corrected chi connectivity index (χ2v) is 10.3. The maximum atomic E-state index is 9.24. The van der Waals surface area contributed by atoms with Crippen LogP contribution in [0.15, 0.2) is 61.2 Å². The minimum atomic E-state index is 0.623. The Morgan fingerprint density at radius 1 is 0.647 bits per heavy atom. The number of thiophene rings is 2. The zero-order valence-corrected chi connectivity index (χ0v) is 19.9. The Hall–Kier alpha value is -4.24. The second-order valence-electron chi connectivity index (χ2n) is 8.09. The molecule has 0 N–H and O–H groups in total. The van der Waals surface area contributed by atoms with Crippen molar-refractivity contribution in [3.8, 4) is 43.0 Å². The minimum Gasteiger partial charge on any atom is -0.305 e. The SMILES string of the molecule is Cc1cc(C#N)cn2cc(-c3ccc(-c4ccc(-c5cn6cc(C#N)cc(C)c6n5)s4)s3)nc12. The van der Waals surface area contributed by atoms with Crippen LogP contribution in [0, 0.1) is 36.5 Å². The summed E-state index contributed by atoms with van der Waals surface area (Å²) in [5.74, 6) is 0. The summed E-state index contributed by atoms with van der Waals surface area (Å²) in [6.45, 7) is 3.95. The highest BCUT2D eigenvalue weighted by Crippen LogP contribution is 2.40. The van der Waals surface area contributed by atoms with Gasteiger partial charge in [0.2, 0.25) is 0 Å². The van der Waals surface area contributed by atoms with Gasteiger partial charge in [0.1, 0.15) is 23.4 Å². The van der Waals surface area contributed by atoms with Crippen LogP contribution in [0.25, 0.3) is 42.2 Å². The molecule has 0 saturated carbocycles. The van der Waals surface area contributed by atoms with Crippen molar-refractivity contribution in [1.82, 2.24) is 18.8 Å². The molecular weight excluding hydrogens is 460 g/mol. The number of hydrogen-bond acceptors (Lipinski definition) is 6. The monoisotopic (exact) mass is 476 g/mol. The predicted octanol–water partition coefficient (Wildman–Crippen LogP) is 6.47. The van der Waals surface area contributed by atoms with Crippen LogP contribution >= 0.6 is 22.7 Å². The molecule has 6 rings (SSSR count). The first-order valence-corrected chi connectivity index (χ1v) is 12.2. The van der Waals surface area contributed by atoms with Crippen LogP contribution in [0.2, 0.25) is 0 Å². The third-order valence-corrected chi connectivity index (χ3v) is 8.10. The number of rotatable bonds is 3. The summed E-state index contributed by atoms with van der Waals surface area (Å²) < 4.78 is 3.85. The second kappa shape index (κ2) is 7.67. The highest BCUT2D eigenvalue weighted by Gasteiger charge is 2.14. The van der Waals surface area contributed by atoms with Crippen LogP contribution < -0.4 is 0 Å². The summed E-state index contributed by atoms with van der Waals surface area (Å²) in [6, 6.07) is 16.6. The average molecular weight is 477 g/mol. The van der Waals surface area contributed by atoms with E-state index in [1.165, 1.54) is 9.75 Å². The van der Waals surface area contributed by atoms with Crippen LogP contribution in [-0.4, -0.2) is 18.8 Å². The quantitative estimate of drug-likeness (QED) is 0.293. The molecule has 8 heteroatoms. The molecule has 0 aromatic carbocycles. The lowest BCUT2D eigenvalue weighted by Crippen LogP contribution is -1.88. The topological polar surface area (TPSA) is 82.2 Å². The van der Waals surface area contributed by atoms with Gasteiger partial charge in [-0.25, -0.2) is 9.97 Å². The summed E-state index contributed by atoms with van der Waals surface area (Å²) in [6.07, 6.45) is 7.59. The molecule has 0 amide bonds. The standard InChI is InChI=1S/C26H16N6S2/c1-15-7-17(9-27)11-31-13-19(29-25(15)31)21-3-5-23(33-21)24-6-4-22(34-24)20-14-32-12-18(10-28)8-16(2)26(32)30-20/h3-8,11-14H,1-2H3. The van der Waals surface area contributed by atoms with Crippen molar-refractivity contribution in [2.45, 2.75) is 13.8 Å². The number of nitriles is 2. The molecule has 0 saturated heterocycles. The Balaban J connectivity index is 1.34. The van der Waals surface area contributed by atoms with E-state index < -0.39 is 0 Å². The maximum absolute atomic E-state index is 9.24. The molecular formula is C26H16N6S2. The van der Waals surface area contributed by atoms with E-state index in [1.54, 1.807) is 22.7 Å². The van der Waals surface area contributed by atoms with Crippen LogP contribution in [0.4, 0.5) is 0 Å². The van der Waals surface area contributed by atoms with E-state index in [-0.39, 0.29) is 0 Å². The molecule has 6 nitrogen and oxygen atoms in total. The minimum absolute atomic E-state index is 0.623. The zero-order chi connectivity index (χ0) is 23.4. The highest BCUT2D eigenvalue weighted by molar-refractivity contribution is 7.25. The van der Waals surface area contributed by atoms with E-state index in [1.807, 2.05) is 59.6 Å². The van der Waals surface area contributed by atoms with Crippen molar-refractivity contribution in [1.29, 1.82) is 10.5 Å². The fraction of sp³-hybridized carbons (Fsp3) is 0.0769. The molecule has 0 bridgehead atoms. The van der Waals surface area contributed by atoms with E-state index in [9.17, 15) is 10.5 Å². The Bertz CT molecular complexity index is 1680. The molecule has 0 aliphatic heterocycles. The number of imidazole rings is 2. The lowest BCUT2D eigenvalue weighted by Gasteiger charge is -1.97. The lowest BCUT2D eigenvalue weighted by molar-refractivity contribution is 1.15. The van der Waals surface area contributed by atoms with E-state index in [0.717, 1.165) is 43.6 Å². The van der Waals surface area contributed by atoms with Crippen molar-refractivity contribution in [2.75, 3.05) is 0 Å². The van der Waals surface area contributed by atoms with E-state index in [2.05, 4.69) is 36.4 Å². The van der Waals surface area contributed by atoms with Gasteiger partial charge in [-0.3, -0.25) is 0 Å². The molecule has 6 aromatic rings. The molecule has 0 fully saturated rings. The van der Waals surface area contributed by atoms with Gasteiger partial charge < -0.3 is 8.80 Å². The summed E-state index contributed by atoms with van der Waals surface area (Å²) >= 11 is 3.40. The molecule has 162 valence electrons. The lowest BCUT2D eigenvalue weighted by atomic mass is 10.2. The van der Waals surface area contributed by atoms with Crippen molar-refractivity contribution >= 4 is 34.0 Å². The van der Waals surface area contributed by atoms with Crippen LogP contribution in [0.3, 0.4) is 0 Å². The smallest absolute Gasteiger partial charge is 0.140 e. The van der Waals surface area contributed by atoms with E-state index in [4.69, 9.17) is 9.97 Å². The van der Waals surface area contributed by atoms with Crippen LogP contribution in [0.1, 0.15) is 22.3 Å². The van der Waals surface area contributed by atoms with Gasteiger partial charge in [-0.1, -0.05) is 0 Å². The Kier molecular flexibility index (Phi) is 4.59. The molecule has 34 heavy (non-hydrogen) atoms. The maximum Gasteiger partial charge on any atom is 0.140 e. The third kappa shape index (κ3) is 3.29. The summed E-state index contributed by atoms with van der Waals surface area (Å²) in [5.41, 5.74) is 6.73. The summed E-state index contributed by atoms with van der Waals surface area (Å²) in [7, 11) is 0. The van der Waals surface area contributed by atoms with Gasteiger partial charge >= 0.3 is 0 Å². The number of nitrogens with zero attached hydrogens (tertiary/aromatic N) is 6. The molecule has 0 atom stereocenters. The molecule has 6 aromatic heterocycles. The number of aromatic nitrogens is 4. The summed E-state index contributed by atoms with van der Waals surface area (Å²) in [4.78, 5) is 14.1. The van der Waals surface area contributed by atoms with Gasteiger partial charge in [0, 0.05) is 34.5 Å². The molecule has 0 unspecified atom stereocenters. The third-order valence-electron chi connectivity index (χ3n) is 5.69. The largest absolute Gasteiger partial charge is 0.305 e. The molecule has 0 aliphatic carbocycles. The van der Waals surface area contributed by atoms with Crippen molar-refractivity contribution in [2.24, 2.45) is 0 Å². The van der Waals surface area contributed by atoms with Gasteiger partial charge in [0.25, 0.3) is 0 Å². The van der Waals surface area contributed by atoms with Gasteiger partial charge in [0.05, 0.1) is 32.3 Å². The van der Waals surface area contributed by atoms with E-state index in [0.29, 0.717) is 11.1 Å². The average Bonchev–Trinajstić information content (AvgIpc) is 3.62. The molecule has 0 spiro atoms. The first-order valence-electron chi connectivity index (χ1n) is 10.5. The van der Waals surface area contributed by atoms with Gasteiger partial charge in [0.15, 0.2) is 0 Å². The number of aryl methyl sites for hydroxylation is 2.